The molecule has 0 aliphatic rings. The fourth-order valence-corrected chi connectivity index (χ4v) is 3.24. The van der Waals surface area contributed by atoms with Crippen molar-refractivity contribution >= 4 is 15.9 Å². The van der Waals surface area contributed by atoms with E-state index in [1.54, 1.807) is 0 Å². The average molecular weight is 347 g/mol. The molecule has 0 aliphatic heterocycles. The Kier molecular flexibility index (Phi) is 4.90. The van der Waals surface area contributed by atoms with E-state index in [2.05, 4.69) is 74.8 Å². The molecule has 0 aromatic heterocycles. The van der Waals surface area contributed by atoms with Crippen molar-refractivity contribution in [3.8, 4) is 0 Å². The molecule has 1 unspecified atom stereocenters. The van der Waals surface area contributed by atoms with Gasteiger partial charge in [0.15, 0.2) is 0 Å². The minimum Gasteiger partial charge on any atom is -0.388 e. The molecule has 1 nitrogen and oxygen atoms in total. The zero-order valence-electron chi connectivity index (χ0n) is 13.4. The molecule has 1 atom stereocenters. The summed E-state index contributed by atoms with van der Waals surface area (Å²) in [5.74, 6) is 0. The van der Waals surface area contributed by atoms with Crippen LogP contribution < -0.4 is 0 Å². The van der Waals surface area contributed by atoms with Gasteiger partial charge in [-0.1, -0.05) is 45.8 Å². The molecule has 1 N–H and O–H groups in total. The van der Waals surface area contributed by atoms with Crippen molar-refractivity contribution in [2.75, 3.05) is 0 Å². The van der Waals surface area contributed by atoms with Crippen molar-refractivity contribution in [1.82, 2.24) is 0 Å². The third kappa shape index (κ3) is 3.56. The Balaban J connectivity index is 2.32. The van der Waals surface area contributed by atoms with E-state index in [9.17, 15) is 5.11 Å². The Morgan fingerprint density at radius 2 is 1.33 bits per heavy atom. The smallest absolute Gasteiger partial charge is 0.0830 e. The van der Waals surface area contributed by atoms with Gasteiger partial charge in [0, 0.05) is 10.9 Å². The minimum absolute atomic E-state index is 0.462. The summed E-state index contributed by atoms with van der Waals surface area (Å²) in [5.41, 5.74) is 8.38. The first-order valence-corrected chi connectivity index (χ1v) is 8.10. The van der Waals surface area contributed by atoms with Crippen molar-refractivity contribution in [3.05, 3.63) is 67.7 Å². The normalized spacial score (nSPS) is 12.5. The Hall–Kier alpha value is -1.12. The highest BCUT2D eigenvalue weighted by Crippen LogP contribution is 2.29. The van der Waals surface area contributed by atoms with Gasteiger partial charge in [-0.05, 0) is 68.0 Å². The maximum Gasteiger partial charge on any atom is 0.0830 e. The number of rotatable bonds is 3. The van der Waals surface area contributed by atoms with E-state index in [0.29, 0.717) is 6.42 Å². The molecule has 2 aromatic rings. The lowest BCUT2D eigenvalue weighted by Crippen LogP contribution is -2.06. The van der Waals surface area contributed by atoms with Gasteiger partial charge < -0.3 is 5.11 Å². The predicted molar refractivity (Wildman–Crippen MR) is 92.9 cm³/mol. The van der Waals surface area contributed by atoms with Gasteiger partial charge in [-0.15, -0.1) is 0 Å². The fraction of sp³-hybridized carbons (Fsp3) is 0.368. The molecule has 21 heavy (non-hydrogen) atoms. The molecule has 0 amide bonds. The third-order valence-corrected chi connectivity index (χ3v) is 5.33. The van der Waals surface area contributed by atoms with E-state index < -0.39 is 6.10 Å². The van der Waals surface area contributed by atoms with Crippen LogP contribution in [-0.2, 0) is 6.42 Å². The van der Waals surface area contributed by atoms with E-state index in [1.807, 2.05) is 0 Å². The number of hydrogen-bond donors (Lipinski definition) is 1. The molecular formula is C19H23BrO. The first kappa shape index (κ1) is 16.3. The van der Waals surface area contributed by atoms with Crippen molar-refractivity contribution in [3.63, 3.8) is 0 Å². The van der Waals surface area contributed by atoms with Gasteiger partial charge in [0.05, 0.1) is 6.10 Å². The zero-order valence-corrected chi connectivity index (χ0v) is 15.0. The molecule has 2 heteroatoms. The number of aliphatic hydroxyl groups is 1. The molecule has 0 saturated carbocycles. The zero-order chi connectivity index (χ0) is 15.7. The van der Waals surface area contributed by atoms with Crippen LogP contribution in [0.5, 0.6) is 0 Å². The molecule has 0 spiro atoms. The monoisotopic (exact) mass is 346 g/mol. The molecule has 0 fully saturated rings. The summed E-state index contributed by atoms with van der Waals surface area (Å²) >= 11 is 3.58. The molecule has 0 radical (unpaired) electrons. The Morgan fingerprint density at radius 3 is 1.81 bits per heavy atom. The van der Waals surface area contributed by atoms with Crippen LogP contribution >= 0.6 is 15.9 Å². The maximum atomic E-state index is 10.6. The third-order valence-electron chi connectivity index (χ3n) is 4.08. The lowest BCUT2D eigenvalue weighted by Gasteiger charge is -2.17. The molecule has 112 valence electrons. The Morgan fingerprint density at radius 1 is 0.857 bits per heavy atom. The number of hydrogen-bond acceptors (Lipinski definition) is 1. The van der Waals surface area contributed by atoms with E-state index in [-0.39, 0.29) is 0 Å². The average Bonchev–Trinajstić information content (AvgIpc) is 2.39. The number of benzene rings is 2. The highest BCUT2D eigenvalue weighted by Gasteiger charge is 2.14. The summed E-state index contributed by atoms with van der Waals surface area (Å²) in [6, 6.07) is 8.52. The van der Waals surface area contributed by atoms with Crippen LogP contribution in [0, 0.1) is 34.6 Å². The van der Waals surface area contributed by atoms with E-state index in [0.717, 1.165) is 10.0 Å². The molecular weight excluding hydrogens is 324 g/mol. The van der Waals surface area contributed by atoms with E-state index >= 15 is 0 Å². The fourth-order valence-electron chi connectivity index (χ4n) is 3.01. The number of halogens is 1. The van der Waals surface area contributed by atoms with Crippen molar-refractivity contribution in [1.29, 1.82) is 0 Å². The van der Waals surface area contributed by atoms with Gasteiger partial charge in [0.1, 0.15) is 0 Å². The summed E-state index contributed by atoms with van der Waals surface area (Å²) < 4.78 is 1.13. The molecule has 0 aliphatic carbocycles. The minimum atomic E-state index is -0.462. The SMILES string of the molecule is Cc1cc(C)c(CC(O)c2cc(C)c(Br)c(C)c2)c(C)c1. The lowest BCUT2D eigenvalue weighted by atomic mass is 9.92. The van der Waals surface area contributed by atoms with Crippen molar-refractivity contribution in [2.45, 2.75) is 47.1 Å². The van der Waals surface area contributed by atoms with E-state index in [4.69, 9.17) is 0 Å². The lowest BCUT2D eigenvalue weighted by molar-refractivity contribution is 0.178. The number of aryl methyl sites for hydroxylation is 5. The van der Waals surface area contributed by atoms with Crippen LogP contribution in [0.3, 0.4) is 0 Å². The summed E-state index contributed by atoms with van der Waals surface area (Å²) in [4.78, 5) is 0. The summed E-state index contributed by atoms with van der Waals surface area (Å²) in [6.45, 7) is 10.5. The summed E-state index contributed by atoms with van der Waals surface area (Å²) in [5, 5.41) is 10.6. The standard InChI is InChI=1S/C19H23BrO/c1-11-6-12(2)17(13(3)7-11)10-18(21)16-8-14(4)19(20)15(5)9-16/h6-9,18,21H,10H2,1-5H3. The van der Waals surface area contributed by atoms with Gasteiger partial charge >= 0.3 is 0 Å². The van der Waals surface area contributed by atoms with Gasteiger partial charge in [-0.25, -0.2) is 0 Å². The summed E-state index contributed by atoms with van der Waals surface area (Å²) in [7, 11) is 0. The van der Waals surface area contributed by atoms with Crippen LogP contribution in [0.1, 0.15) is 45.0 Å². The molecule has 0 saturated heterocycles. The topological polar surface area (TPSA) is 20.2 Å². The van der Waals surface area contributed by atoms with Crippen molar-refractivity contribution in [2.24, 2.45) is 0 Å². The predicted octanol–water partition coefficient (Wildman–Crippen LogP) is 5.27. The molecule has 2 aromatic carbocycles. The van der Waals surface area contributed by atoms with Crippen LogP contribution in [0.2, 0.25) is 0 Å². The van der Waals surface area contributed by atoms with Crippen LogP contribution in [0.4, 0.5) is 0 Å². The van der Waals surface area contributed by atoms with Crippen molar-refractivity contribution < 1.29 is 5.11 Å². The Labute approximate surface area is 136 Å². The molecule has 0 heterocycles. The summed E-state index contributed by atoms with van der Waals surface area (Å²) in [6.07, 6.45) is 0.203. The molecule has 2 rings (SSSR count). The number of aliphatic hydroxyl groups excluding tert-OH is 1. The largest absolute Gasteiger partial charge is 0.388 e. The highest BCUT2D eigenvalue weighted by molar-refractivity contribution is 9.10. The van der Waals surface area contributed by atoms with Crippen LogP contribution in [0.25, 0.3) is 0 Å². The quantitative estimate of drug-likeness (QED) is 0.802. The Bertz CT molecular complexity index is 627. The second-order valence-corrected chi connectivity index (χ2v) is 6.86. The van der Waals surface area contributed by atoms with E-state index in [1.165, 1.54) is 33.4 Å². The first-order valence-electron chi connectivity index (χ1n) is 7.31. The molecule has 0 bridgehead atoms. The van der Waals surface area contributed by atoms with Gasteiger partial charge in [-0.3, -0.25) is 0 Å². The van der Waals surface area contributed by atoms with Crippen LogP contribution in [0.15, 0.2) is 28.7 Å². The van der Waals surface area contributed by atoms with Gasteiger partial charge in [0.2, 0.25) is 0 Å². The van der Waals surface area contributed by atoms with Gasteiger partial charge in [-0.2, -0.15) is 0 Å². The first-order chi connectivity index (χ1) is 9.79. The highest BCUT2D eigenvalue weighted by atomic mass is 79.9. The maximum absolute atomic E-state index is 10.6. The van der Waals surface area contributed by atoms with Crippen LogP contribution in [-0.4, -0.2) is 5.11 Å². The van der Waals surface area contributed by atoms with Gasteiger partial charge in [0.25, 0.3) is 0 Å². The second-order valence-electron chi connectivity index (χ2n) is 6.07. The second kappa shape index (κ2) is 6.33.